The van der Waals surface area contributed by atoms with E-state index >= 15 is 8.78 Å². The third-order valence-corrected chi connectivity index (χ3v) is 10.1. The van der Waals surface area contributed by atoms with Crippen molar-refractivity contribution in [2.45, 2.75) is 62.3 Å². The van der Waals surface area contributed by atoms with Crippen LogP contribution in [-0.4, -0.2) is 76.5 Å². The normalized spacial score (nSPS) is 27.2. The summed E-state index contributed by atoms with van der Waals surface area (Å²) < 4.78 is 38.2. The van der Waals surface area contributed by atoms with E-state index in [1.807, 2.05) is 6.07 Å². The Balaban J connectivity index is 1.25. The van der Waals surface area contributed by atoms with Gasteiger partial charge < -0.3 is 25.8 Å². The van der Waals surface area contributed by atoms with Crippen LogP contribution in [0.15, 0.2) is 42.5 Å². The minimum absolute atomic E-state index is 0.118. The summed E-state index contributed by atoms with van der Waals surface area (Å²) in [6, 6.07) is 12.5. The summed E-state index contributed by atoms with van der Waals surface area (Å²) in [5.74, 6) is -0.353. The average molecular weight is 587 g/mol. The van der Waals surface area contributed by atoms with Gasteiger partial charge in [-0.2, -0.15) is 9.97 Å². The Labute approximate surface area is 248 Å². The zero-order chi connectivity index (χ0) is 29.3. The van der Waals surface area contributed by atoms with Crippen LogP contribution in [-0.2, 0) is 0 Å². The SMILES string of the molecule is Nc1cc(-c2ccc3c(N4CC[C@@H]5CC[C@H](C4)N5)nc(OC[C@@]45CCCN4C[C@H](O)C5)nc3c2F)c2c(F)cccc2c1. The number of benzene rings is 3. The molecule has 0 saturated carbocycles. The molecule has 0 unspecified atom stereocenters. The Kier molecular flexibility index (Phi) is 6.43. The minimum Gasteiger partial charge on any atom is -0.461 e. The number of hydrogen-bond acceptors (Lipinski definition) is 8. The van der Waals surface area contributed by atoms with Gasteiger partial charge in [0.25, 0.3) is 0 Å². The summed E-state index contributed by atoms with van der Waals surface area (Å²) in [7, 11) is 0. The molecule has 4 atom stereocenters. The number of aliphatic hydroxyl groups is 1. The van der Waals surface area contributed by atoms with Crippen LogP contribution in [0.25, 0.3) is 32.8 Å². The molecule has 4 saturated heterocycles. The Morgan fingerprint density at radius 1 is 1.02 bits per heavy atom. The second kappa shape index (κ2) is 10.2. The summed E-state index contributed by atoms with van der Waals surface area (Å²) >= 11 is 0. The number of anilines is 2. The minimum atomic E-state index is -0.562. The van der Waals surface area contributed by atoms with E-state index in [-0.39, 0.29) is 28.7 Å². The van der Waals surface area contributed by atoms with Crippen molar-refractivity contribution in [1.29, 1.82) is 0 Å². The molecule has 8 rings (SSSR count). The van der Waals surface area contributed by atoms with Gasteiger partial charge in [-0.05, 0) is 80.3 Å². The van der Waals surface area contributed by atoms with Gasteiger partial charge in [0.1, 0.15) is 23.8 Å². The van der Waals surface area contributed by atoms with Gasteiger partial charge in [-0.25, -0.2) is 8.78 Å². The maximum atomic E-state index is 16.7. The second-order valence-corrected chi connectivity index (χ2v) is 12.9. The highest BCUT2D eigenvalue weighted by Gasteiger charge is 2.48. The first-order chi connectivity index (χ1) is 20.9. The number of rotatable bonds is 5. The maximum absolute atomic E-state index is 16.7. The predicted molar refractivity (Wildman–Crippen MR) is 163 cm³/mol. The summed E-state index contributed by atoms with van der Waals surface area (Å²) in [6.07, 6.45) is 5.48. The fraction of sp³-hybridized carbons (Fsp3) is 0.455. The van der Waals surface area contributed by atoms with Crippen LogP contribution in [0.3, 0.4) is 0 Å². The van der Waals surface area contributed by atoms with Crippen molar-refractivity contribution in [1.82, 2.24) is 20.2 Å². The van der Waals surface area contributed by atoms with E-state index < -0.39 is 11.6 Å². The van der Waals surface area contributed by atoms with Crippen molar-refractivity contribution in [2.75, 3.05) is 43.4 Å². The molecule has 5 heterocycles. The molecular weight excluding hydrogens is 550 g/mol. The average Bonchev–Trinajstić information content (AvgIpc) is 3.62. The summed E-state index contributed by atoms with van der Waals surface area (Å²) in [6.45, 7) is 3.45. The fourth-order valence-corrected chi connectivity index (χ4v) is 8.08. The van der Waals surface area contributed by atoms with Gasteiger partial charge in [0.05, 0.1) is 11.6 Å². The molecule has 10 heteroatoms. The molecule has 0 amide bonds. The van der Waals surface area contributed by atoms with Crippen LogP contribution in [0.4, 0.5) is 20.3 Å². The van der Waals surface area contributed by atoms with Gasteiger partial charge in [-0.1, -0.05) is 18.2 Å². The lowest BCUT2D eigenvalue weighted by molar-refractivity contribution is 0.107. The Morgan fingerprint density at radius 3 is 2.81 bits per heavy atom. The van der Waals surface area contributed by atoms with Crippen LogP contribution >= 0.6 is 0 Å². The number of nitrogen functional groups attached to an aromatic ring is 1. The number of fused-ring (bicyclic) bond motifs is 5. The predicted octanol–water partition coefficient (Wildman–Crippen LogP) is 4.62. The smallest absolute Gasteiger partial charge is 0.319 e. The third kappa shape index (κ3) is 4.58. The van der Waals surface area contributed by atoms with E-state index in [2.05, 4.69) is 20.1 Å². The van der Waals surface area contributed by atoms with Crippen LogP contribution in [0.2, 0.25) is 0 Å². The fourth-order valence-electron chi connectivity index (χ4n) is 8.08. The van der Waals surface area contributed by atoms with E-state index in [9.17, 15) is 5.11 Å². The Hall–Kier alpha value is -3.60. The van der Waals surface area contributed by atoms with Crippen molar-refractivity contribution in [3.8, 4) is 17.1 Å². The van der Waals surface area contributed by atoms with E-state index in [0.717, 1.165) is 45.3 Å². The van der Waals surface area contributed by atoms with Crippen LogP contribution in [0, 0.1) is 11.6 Å². The molecule has 1 aromatic heterocycles. The molecule has 224 valence electrons. The van der Waals surface area contributed by atoms with Crippen molar-refractivity contribution in [3.05, 3.63) is 54.1 Å². The molecule has 8 nitrogen and oxygen atoms in total. The van der Waals surface area contributed by atoms with E-state index in [1.54, 1.807) is 30.3 Å². The molecule has 0 aliphatic carbocycles. The number of ether oxygens (including phenoxy) is 1. The van der Waals surface area contributed by atoms with E-state index in [1.165, 1.54) is 12.5 Å². The largest absolute Gasteiger partial charge is 0.461 e. The summed E-state index contributed by atoms with van der Waals surface area (Å²) in [5.41, 5.74) is 7.09. The van der Waals surface area contributed by atoms with Crippen molar-refractivity contribution in [3.63, 3.8) is 0 Å². The van der Waals surface area contributed by atoms with Gasteiger partial charge in [0.15, 0.2) is 5.82 Å². The number of aliphatic hydroxyl groups excluding tert-OH is 1. The first kappa shape index (κ1) is 27.0. The van der Waals surface area contributed by atoms with E-state index in [0.29, 0.717) is 64.9 Å². The topological polar surface area (TPSA) is 99.8 Å². The van der Waals surface area contributed by atoms with Gasteiger partial charge >= 0.3 is 6.01 Å². The van der Waals surface area contributed by atoms with Gasteiger partial charge in [0.2, 0.25) is 0 Å². The van der Waals surface area contributed by atoms with Gasteiger partial charge in [-0.15, -0.1) is 0 Å². The summed E-state index contributed by atoms with van der Waals surface area (Å²) in [4.78, 5) is 14.1. The Bertz CT molecular complexity index is 1740. The number of nitrogens with zero attached hydrogens (tertiary/aromatic N) is 4. The van der Waals surface area contributed by atoms with Crippen LogP contribution in [0.1, 0.15) is 38.5 Å². The lowest BCUT2D eigenvalue weighted by atomic mass is 9.94. The zero-order valence-corrected chi connectivity index (χ0v) is 24.0. The monoisotopic (exact) mass is 586 g/mol. The number of halogens is 2. The highest BCUT2D eigenvalue weighted by atomic mass is 19.1. The Morgan fingerprint density at radius 2 is 1.91 bits per heavy atom. The lowest BCUT2D eigenvalue weighted by Crippen LogP contribution is -2.43. The molecule has 4 fully saturated rings. The highest BCUT2D eigenvalue weighted by Crippen LogP contribution is 2.41. The number of nitrogens with two attached hydrogens (primary N) is 1. The maximum Gasteiger partial charge on any atom is 0.319 e. The first-order valence-electron chi connectivity index (χ1n) is 15.4. The van der Waals surface area contributed by atoms with Gasteiger partial charge in [0, 0.05) is 53.7 Å². The van der Waals surface area contributed by atoms with E-state index in [4.69, 9.17) is 15.5 Å². The highest BCUT2D eigenvalue weighted by molar-refractivity contribution is 6.02. The second-order valence-electron chi connectivity index (χ2n) is 12.9. The van der Waals surface area contributed by atoms with Crippen molar-refractivity contribution < 1.29 is 18.6 Å². The van der Waals surface area contributed by atoms with Crippen LogP contribution in [0.5, 0.6) is 6.01 Å². The molecule has 43 heavy (non-hydrogen) atoms. The molecule has 4 aliphatic heterocycles. The lowest BCUT2D eigenvalue weighted by Gasteiger charge is -2.31. The number of β-amino-alcohol motifs (C(OH)–C–C–N with tert-alkyl or cyclic N) is 1. The number of nitrogens with one attached hydrogen (secondary N) is 1. The molecule has 2 bridgehead atoms. The standard InChI is InChI=1S/C33H36F2N6O2/c34-27-4-1-3-19-13-20(36)14-26(28(19)27)24-7-8-25-30(29(24)35)38-32(43-18-33-10-2-11-41(33)17-23(42)15-33)39-31(25)40-12-9-21-5-6-22(16-40)37-21/h1,3-4,7-8,13-14,21-23,37,42H,2,5-6,9-12,15-18,36H2/t21-,22+,23+,33-/m0/s1. The molecule has 0 spiro atoms. The first-order valence-corrected chi connectivity index (χ1v) is 15.4. The zero-order valence-electron chi connectivity index (χ0n) is 24.0. The quantitative estimate of drug-likeness (QED) is 0.292. The van der Waals surface area contributed by atoms with Crippen LogP contribution < -0.4 is 20.7 Å². The molecule has 4 aliphatic rings. The molecule has 4 N–H and O–H groups in total. The molecular formula is C33H36F2N6O2. The number of aromatic nitrogens is 2. The van der Waals surface area contributed by atoms with Gasteiger partial charge in [-0.3, -0.25) is 4.90 Å². The van der Waals surface area contributed by atoms with Crippen molar-refractivity contribution >= 4 is 33.2 Å². The van der Waals surface area contributed by atoms with Crippen molar-refractivity contribution in [2.24, 2.45) is 0 Å². The summed E-state index contributed by atoms with van der Waals surface area (Å²) in [5, 5.41) is 15.6. The molecule has 3 aromatic carbocycles. The third-order valence-electron chi connectivity index (χ3n) is 10.1. The number of hydrogen-bond donors (Lipinski definition) is 3. The molecule has 0 radical (unpaired) electrons. The molecule has 4 aromatic rings.